The maximum Gasteiger partial charge on any atom is 0.0705 e. The first-order valence-electron chi connectivity index (χ1n) is 10.3. The zero-order valence-corrected chi connectivity index (χ0v) is 16.5. The Hall–Kier alpha value is -3.04. The molecule has 0 spiro atoms. The normalized spacial score (nSPS) is 12.9. The molecule has 0 amide bonds. The highest BCUT2D eigenvalue weighted by atomic mass is 32.1. The third-order valence-corrected chi connectivity index (χ3v) is 6.17. The number of hydrogen-bond acceptors (Lipinski definition) is 3. The Morgan fingerprint density at radius 3 is 2.61 bits per heavy atom. The van der Waals surface area contributed by atoms with Crippen molar-refractivity contribution >= 4 is 31.5 Å². The van der Waals surface area contributed by atoms with Crippen LogP contribution < -0.4 is 0 Å². The summed E-state index contributed by atoms with van der Waals surface area (Å²) in [6, 6.07) is 21.4. The lowest BCUT2D eigenvalue weighted by Gasteiger charge is -2.06. The highest BCUT2D eigenvalue weighted by Gasteiger charge is 2.11. The summed E-state index contributed by atoms with van der Waals surface area (Å²) in [5.41, 5.74) is 5.08. The van der Waals surface area contributed by atoms with E-state index in [2.05, 4.69) is 41.2 Å². The average Bonchev–Trinajstić information content (AvgIpc) is 3.13. The highest BCUT2D eigenvalue weighted by molar-refractivity contribution is 7.26. The molecule has 0 fully saturated rings. The van der Waals surface area contributed by atoms with Crippen molar-refractivity contribution in [1.29, 1.82) is 0 Å². The summed E-state index contributed by atoms with van der Waals surface area (Å²) in [5.74, 6) is 0. The molecule has 3 heterocycles. The summed E-state index contributed by atoms with van der Waals surface area (Å²) < 4.78 is 19.8. The molecule has 0 saturated heterocycles. The molecule has 0 unspecified atom stereocenters. The van der Waals surface area contributed by atoms with Gasteiger partial charge in [-0.3, -0.25) is 9.97 Å². The van der Waals surface area contributed by atoms with E-state index < -0.39 is 6.37 Å². The van der Waals surface area contributed by atoms with Gasteiger partial charge in [-0.15, -0.1) is 11.3 Å². The van der Waals surface area contributed by atoms with E-state index in [1.807, 2.05) is 43.3 Å². The lowest BCUT2D eigenvalue weighted by Crippen LogP contribution is -1.91. The first-order chi connectivity index (χ1) is 14.4. The molecule has 2 aromatic carbocycles. The standard InChI is InChI=1S/C25H20N2S/c1-16-12-22-21-15-20(8-9-24(21)28-25(22)17(2)27-16)23-14-19(10-11-26-23)13-18-6-4-3-5-7-18/h3-12,14-15H,13H2,1-2H3/i13D2. The lowest BCUT2D eigenvalue weighted by atomic mass is 10.0. The molecular formula is C25H20N2S. The SMILES string of the molecule is [2H]C([2H])(c1ccccc1)c1ccnc(-c2ccc3sc4c(C)nc(C)cc4c3c2)c1. The number of pyridine rings is 2. The summed E-state index contributed by atoms with van der Waals surface area (Å²) in [6.07, 6.45) is 0.109. The molecule has 0 radical (unpaired) electrons. The van der Waals surface area contributed by atoms with Crippen LogP contribution in [0.4, 0.5) is 0 Å². The number of rotatable bonds is 3. The van der Waals surface area contributed by atoms with Crippen molar-refractivity contribution in [2.75, 3.05) is 0 Å². The van der Waals surface area contributed by atoms with Gasteiger partial charge in [0.25, 0.3) is 0 Å². The largest absolute Gasteiger partial charge is 0.257 e. The first-order valence-corrected chi connectivity index (χ1v) is 10.1. The zero-order chi connectivity index (χ0) is 20.9. The number of thiophene rings is 1. The Labute approximate surface area is 171 Å². The fourth-order valence-corrected chi connectivity index (χ4v) is 4.71. The van der Waals surface area contributed by atoms with E-state index in [9.17, 15) is 0 Å². The van der Waals surface area contributed by atoms with E-state index in [1.54, 1.807) is 23.6 Å². The van der Waals surface area contributed by atoms with Gasteiger partial charge in [0, 0.05) is 35.7 Å². The quantitative estimate of drug-likeness (QED) is 0.346. The van der Waals surface area contributed by atoms with Crippen LogP contribution in [0.2, 0.25) is 0 Å². The van der Waals surface area contributed by atoms with E-state index in [1.165, 1.54) is 20.2 Å². The van der Waals surface area contributed by atoms with Crippen molar-refractivity contribution in [3.63, 3.8) is 0 Å². The molecule has 0 aliphatic rings. The van der Waals surface area contributed by atoms with E-state index >= 15 is 0 Å². The second kappa shape index (κ2) is 6.84. The number of benzene rings is 2. The Kier molecular flexibility index (Phi) is 3.65. The molecule has 2 nitrogen and oxygen atoms in total. The fraction of sp³-hybridized carbons (Fsp3) is 0.120. The summed E-state index contributed by atoms with van der Waals surface area (Å²) >= 11 is 1.76. The molecule has 28 heavy (non-hydrogen) atoms. The lowest BCUT2D eigenvalue weighted by molar-refractivity contribution is 1.16. The summed E-state index contributed by atoms with van der Waals surface area (Å²) in [4.78, 5) is 9.15. The maximum absolute atomic E-state index is 8.66. The Bertz CT molecular complexity index is 1390. The molecule has 0 N–H and O–H groups in total. The molecule has 3 heteroatoms. The second-order valence-electron chi connectivity index (χ2n) is 6.96. The molecule has 0 aliphatic carbocycles. The van der Waals surface area contributed by atoms with Crippen LogP contribution in [0, 0.1) is 13.8 Å². The molecule has 0 aliphatic heterocycles. The maximum atomic E-state index is 8.66. The van der Waals surface area contributed by atoms with Crippen molar-refractivity contribution < 1.29 is 2.74 Å². The van der Waals surface area contributed by atoms with Gasteiger partial charge in [-0.25, -0.2) is 0 Å². The number of hydrogen-bond donors (Lipinski definition) is 0. The van der Waals surface area contributed by atoms with Crippen LogP contribution in [0.25, 0.3) is 31.4 Å². The molecular weight excluding hydrogens is 360 g/mol. The van der Waals surface area contributed by atoms with Crippen LogP contribution in [0.15, 0.2) is 72.9 Å². The molecule has 5 aromatic rings. The van der Waals surface area contributed by atoms with Crippen molar-refractivity contribution in [1.82, 2.24) is 9.97 Å². The second-order valence-corrected chi connectivity index (χ2v) is 8.01. The Morgan fingerprint density at radius 2 is 1.75 bits per heavy atom. The average molecular weight is 383 g/mol. The van der Waals surface area contributed by atoms with E-state index in [0.717, 1.165) is 22.6 Å². The summed E-state index contributed by atoms with van der Waals surface area (Å²) in [5, 5.41) is 2.41. The smallest absolute Gasteiger partial charge is 0.0705 e. The topological polar surface area (TPSA) is 25.8 Å². The predicted molar refractivity (Wildman–Crippen MR) is 119 cm³/mol. The number of aromatic nitrogens is 2. The zero-order valence-electron chi connectivity index (χ0n) is 17.7. The first kappa shape index (κ1) is 14.9. The molecule has 3 aromatic heterocycles. The van der Waals surface area contributed by atoms with E-state index in [-0.39, 0.29) is 0 Å². The predicted octanol–water partition coefficient (Wildman–Crippen LogP) is 6.72. The van der Waals surface area contributed by atoms with Crippen molar-refractivity contribution in [3.8, 4) is 11.3 Å². The summed E-state index contributed by atoms with van der Waals surface area (Å²) in [6.45, 7) is 4.08. The van der Waals surface area contributed by atoms with Gasteiger partial charge in [0.1, 0.15) is 0 Å². The van der Waals surface area contributed by atoms with Crippen LogP contribution in [0.1, 0.15) is 25.3 Å². The molecule has 0 bridgehead atoms. The monoisotopic (exact) mass is 382 g/mol. The van der Waals surface area contributed by atoms with E-state index in [4.69, 9.17) is 2.74 Å². The number of nitrogens with zero attached hydrogens (tertiary/aromatic N) is 2. The fourth-order valence-electron chi connectivity index (χ4n) is 3.60. The third kappa shape index (κ3) is 3.08. The van der Waals surface area contributed by atoms with Crippen LogP contribution in [-0.2, 0) is 6.37 Å². The third-order valence-electron chi connectivity index (χ3n) is 4.87. The van der Waals surface area contributed by atoms with Gasteiger partial charge in [-0.2, -0.15) is 0 Å². The minimum absolute atomic E-state index is 0.602. The summed E-state index contributed by atoms with van der Waals surface area (Å²) in [7, 11) is 0. The Balaban J connectivity index is 1.64. The minimum Gasteiger partial charge on any atom is -0.257 e. The van der Waals surface area contributed by atoms with Gasteiger partial charge in [-0.1, -0.05) is 36.4 Å². The number of fused-ring (bicyclic) bond motifs is 3. The van der Waals surface area contributed by atoms with Gasteiger partial charge in [0.15, 0.2) is 0 Å². The molecule has 0 saturated carbocycles. The van der Waals surface area contributed by atoms with E-state index in [0.29, 0.717) is 11.1 Å². The van der Waals surface area contributed by atoms with Crippen molar-refractivity contribution in [2.24, 2.45) is 0 Å². The van der Waals surface area contributed by atoms with Crippen LogP contribution >= 0.6 is 11.3 Å². The van der Waals surface area contributed by atoms with Gasteiger partial charge in [0.05, 0.1) is 16.1 Å². The van der Waals surface area contributed by atoms with Crippen LogP contribution in [-0.4, -0.2) is 9.97 Å². The molecule has 5 rings (SSSR count). The molecule has 0 atom stereocenters. The van der Waals surface area contributed by atoms with Crippen LogP contribution in [0.3, 0.4) is 0 Å². The highest BCUT2D eigenvalue weighted by Crippen LogP contribution is 2.37. The van der Waals surface area contributed by atoms with Crippen LogP contribution in [0.5, 0.6) is 0 Å². The van der Waals surface area contributed by atoms with Crippen molar-refractivity contribution in [2.45, 2.75) is 20.2 Å². The minimum atomic E-state index is -1.59. The number of aryl methyl sites for hydroxylation is 2. The van der Waals surface area contributed by atoms with Gasteiger partial charge in [0.2, 0.25) is 0 Å². The Morgan fingerprint density at radius 1 is 0.893 bits per heavy atom. The van der Waals surface area contributed by atoms with Gasteiger partial charge >= 0.3 is 0 Å². The van der Waals surface area contributed by atoms with Gasteiger partial charge in [-0.05, 0) is 61.7 Å². The molecule has 136 valence electrons. The van der Waals surface area contributed by atoms with Gasteiger partial charge < -0.3 is 0 Å². The van der Waals surface area contributed by atoms with Crippen molar-refractivity contribution in [3.05, 3.63) is 95.4 Å².